The lowest BCUT2D eigenvalue weighted by Gasteiger charge is -2.24. The number of fused-ring (bicyclic) bond motifs is 2. The summed E-state index contributed by atoms with van der Waals surface area (Å²) in [5.74, 6) is -0.644. The quantitative estimate of drug-likeness (QED) is 0.175. The molecule has 12 heteroatoms. The molecule has 0 bridgehead atoms. The Balaban J connectivity index is 1.57. The number of halogens is 1. The second-order valence-electron chi connectivity index (χ2n) is 8.91. The van der Waals surface area contributed by atoms with Gasteiger partial charge < -0.3 is 29.2 Å². The number of phenolic OH excluding ortho intramolecular Hbond substituents is 1. The Kier molecular flexibility index (Phi) is 6.51. The SMILES string of the molecule is COc1ccc2nc(N3C(=O)C(=O)C(=C(O)c4ccc5c(c4)OCCO5)[C@@H]3c3cc(Br)c(O)c(OC)c3)sc2c1. The summed E-state index contributed by atoms with van der Waals surface area (Å²) in [6.07, 6.45) is 0. The van der Waals surface area contributed by atoms with Crippen LogP contribution >= 0.6 is 27.3 Å². The van der Waals surface area contributed by atoms with Crippen molar-refractivity contribution in [3.8, 4) is 28.7 Å². The fraction of sp³-hybridized carbons (Fsp3) is 0.179. The molecule has 1 saturated heterocycles. The standard InChI is InChI=1S/C28H21BrN2O8S/c1-36-15-4-5-17-21(12-15)40-28(30-17)31-23(14-9-16(29)25(33)20(11-14)37-2)22(26(34)27(31)35)24(32)13-3-6-18-19(10-13)39-8-7-38-18/h3-6,9-12,23,32-33H,7-8H2,1-2H3/t23-/m0/s1. The molecule has 1 atom stereocenters. The number of nitrogens with zero attached hydrogens (tertiary/aromatic N) is 2. The molecule has 2 N–H and O–H groups in total. The first-order chi connectivity index (χ1) is 19.3. The van der Waals surface area contributed by atoms with Crippen molar-refractivity contribution < 1.29 is 38.7 Å². The van der Waals surface area contributed by atoms with Crippen LogP contribution in [-0.4, -0.2) is 54.3 Å². The highest BCUT2D eigenvalue weighted by molar-refractivity contribution is 9.10. The zero-order valence-corrected chi connectivity index (χ0v) is 23.5. The van der Waals surface area contributed by atoms with Crippen LogP contribution in [0.25, 0.3) is 16.0 Å². The molecule has 3 aromatic carbocycles. The molecule has 40 heavy (non-hydrogen) atoms. The minimum atomic E-state index is -1.10. The number of carbonyl (C=O) groups excluding carboxylic acids is 2. The third-order valence-electron chi connectivity index (χ3n) is 6.64. The van der Waals surface area contributed by atoms with E-state index in [1.165, 1.54) is 29.4 Å². The summed E-state index contributed by atoms with van der Waals surface area (Å²) >= 11 is 4.53. The van der Waals surface area contributed by atoms with Crippen LogP contribution in [0.15, 0.2) is 58.6 Å². The van der Waals surface area contributed by atoms with Gasteiger partial charge in [0.1, 0.15) is 24.7 Å². The van der Waals surface area contributed by atoms with E-state index < -0.39 is 23.5 Å². The van der Waals surface area contributed by atoms with Gasteiger partial charge in [0.15, 0.2) is 28.1 Å². The van der Waals surface area contributed by atoms with E-state index >= 15 is 0 Å². The van der Waals surface area contributed by atoms with E-state index in [9.17, 15) is 19.8 Å². The first kappa shape index (κ1) is 26.0. The lowest BCUT2D eigenvalue weighted by molar-refractivity contribution is -0.132. The molecule has 1 amide bonds. The predicted octanol–water partition coefficient (Wildman–Crippen LogP) is 5.18. The number of aromatic nitrogens is 1. The molecule has 2 aliphatic rings. The van der Waals surface area contributed by atoms with E-state index in [0.717, 1.165) is 4.70 Å². The molecular weight excluding hydrogens is 604 g/mol. The lowest BCUT2D eigenvalue weighted by atomic mass is 9.95. The molecule has 1 aromatic heterocycles. The highest BCUT2D eigenvalue weighted by Crippen LogP contribution is 2.48. The predicted molar refractivity (Wildman–Crippen MR) is 151 cm³/mol. The Morgan fingerprint density at radius 1 is 1.05 bits per heavy atom. The highest BCUT2D eigenvalue weighted by Gasteiger charge is 2.48. The first-order valence-electron chi connectivity index (χ1n) is 12.0. The Bertz CT molecular complexity index is 1730. The van der Waals surface area contributed by atoms with Gasteiger partial charge >= 0.3 is 5.91 Å². The number of amides is 1. The monoisotopic (exact) mass is 624 g/mol. The number of anilines is 1. The average Bonchev–Trinajstić information content (AvgIpc) is 3.51. The molecule has 204 valence electrons. The van der Waals surface area contributed by atoms with E-state index in [2.05, 4.69) is 20.9 Å². The van der Waals surface area contributed by atoms with Gasteiger partial charge in [0.05, 0.1) is 40.5 Å². The second-order valence-corrected chi connectivity index (χ2v) is 10.8. The highest BCUT2D eigenvalue weighted by atomic mass is 79.9. The molecule has 0 radical (unpaired) electrons. The third kappa shape index (κ3) is 4.20. The van der Waals surface area contributed by atoms with Crippen LogP contribution < -0.4 is 23.8 Å². The smallest absolute Gasteiger partial charge is 0.301 e. The van der Waals surface area contributed by atoms with Crippen molar-refractivity contribution in [2.24, 2.45) is 0 Å². The van der Waals surface area contributed by atoms with Gasteiger partial charge in [-0.15, -0.1) is 0 Å². The number of aliphatic hydroxyl groups excluding tert-OH is 1. The van der Waals surface area contributed by atoms with E-state index in [4.69, 9.17) is 18.9 Å². The number of rotatable bonds is 5. The van der Waals surface area contributed by atoms with Gasteiger partial charge in [-0.3, -0.25) is 14.5 Å². The normalized spacial score (nSPS) is 17.9. The number of benzene rings is 3. The van der Waals surface area contributed by atoms with E-state index in [1.807, 2.05) is 0 Å². The van der Waals surface area contributed by atoms with Gasteiger partial charge in [0.2, 0.25) is 0 Å². The minimum absolute atomic E-state index is 0.114. The van der Waals surface area contributed by atoms with Crippen molar-refractivity contribution in [2.45, 2.75) is 6.04 Å². The zero-order chi connectivity index (χ0) is 28.1. The summed E-state index contributed by atoms with van der Waals surface area (Å²) in [4.78, 5) is 33.1. The number of Topliss-reactive ketones (excluding diaryl/α,β-unsaturated/α-hetero) is 1. The third-order valence-corrected chi connectivity index (χ3v) is 8.26. The van der Waals surface area contributed by atoms with Crippen LogP contribution in [0.5, 0.6) is 28.7 Å². The summed E-state index contributed by atoms with van der Waals surface area (Å²) in [5, 5.41) is 22.2. The molecule has 0 aliphatic carbocycles. The van der Waals surface area contributed by atoms with Crippen molar-refractivity contribution in [2.75, 3.05) is 32.3 Å². The van der Waals surface area contributed by atoms with E-state index in [-0.39, 0.29) is 32.2 Å². The van der Waals surface area contributed by atoms with Crippen LogP contribution in [0.2, 0.25) is 0 Å². The number of ketones is 1. The van der Waals surface area contributed by atoms with Crippen molar-refractivity contribution in [1.82, 2.24) is 4.98 Å². The summed E-state index contributed by atoms with van der Waals surface area (Å²) in [6, 6.07) is 12.1. The van der Waals surface area contributed by atoms with Crippen molar-refractivity contribution >= 4 is 60.1 Å². The Labute approximate surface area is 240 Å². The van der Waals surface area contributed by atoms with Gasteiger partial charge in [0.25, 0.3) is 5.78 Å². The number of ether oxygens (including phenoxy) is 4. The van der Waals surface area contributed by atoms with E-state index in [1.54, 1.807) is 49.6 Å². The van der Waals surface area contributed by atoms with Crippen LogP contribution in [-0.2, 0) is 9.59 Å². The van der Waals surface area contributed by atoms with Gasteiger partial charge in [-0.05, 0) is 70.0 Å². The van der Waals surface area contributed by atoms with Crippen LogP contribution in [0.3, 0.4) is 0 Å². The number of thiazole rings is 1. The molecule has 0 spiro atoms. The van der Waals surface area contributed by atoms with Crippen LogP contribution in [0.4, 0.5) is 5.13 Å². The Hall–Kier alpha value is -4.29. The molecule has 6 rings (SSSR count). The van der Waals surface area contributed by atoms with Crippen LogP contribution in [0, 0.1) is 0 Å². The topological polar surface area (TPSA) is 128 Å². The summed E-state index contributed by atoms with van der Waals surface area (Å²) in [6.45, 7) is 0.736. The van der Waals surface area contributed by atoms with E-state index in [0.29, 0.717) is 41.5 Å². The molecular formula is C28H21BrN2O8S. The summed E-state index contributed by atoms with van der Waals surface area (Å²) < 4.78 is 22.9. The number of hydrogen-bond donors (Lipinski definition) is 2. The van der Waals surface area contributed by atoms with Gasteiger partial charge in [-0.2, -0.15) is 0 Å². The molecule has 3 heterocycles. The number of aliphatic hydroxyl groups is 1. The van der Waals surface area contributed by atoms with Gasteiger partial charge in [0, 0.05) is 5.56 Å². The Morgan fingerprint density at radius 2 is 1.82 bits per heavy atom. The fourth-order valence-electron chi connectivity index (χ4n) is 4.72. The number of aromatic hydroxyl groups is 1. The zero-order valence-electron chi connectivity index (χ0n) is 21.1. The average molecular weight is 625 g/mol. The maximum atomic E-state index is 13.6. The molecule has 2 aliphatic heterocycles. The summed E-state index contributed by atoms with van der Waals surface area (Å²) in [7, 11) is 2.94. The molecule has 10 nitrogen and oxygen atoms in total. The van der Waals surface area contributed by atoms with Gasteiger partial charge in [-0.1, -0.05) is 11.3 Å². The molecule has 1 fully saturated rings. The van der Waals surface area contributed by atoms with Crippen molar-refractivity contribution in [3.63, 3.8) is 0 Å². The second kappa shape index (κ2) is 10.0. The first-order valence-corrected chi connectivity index (χ1v) is 13.6. The Morgan fingerprint density at radius 3 is 2.58 bits per heavy atom. The minimum Gasteiger partial charge on any atom is -0.507 e. The number of carbonyl (C=O) groups is 2. The lowest BCUT2D eigenvalue weighted by Crippen LogP contribution is -2.29. The fourth-order valence-corrected chi connectivity index (χ4v) is 6.20. The molecule has 4 aromatic rings. The molecule has 0 saturated carbocycles. The largest absolute Gasteiger partial charge is 0.507 e. The van der Waals surface area contributed by atoms with Gasteiger partial charge in [-0.25, -0.2) is 4.98 Å². The number of phenols is 1. The maximum absolute atomic E-state index is 13.6. The maximum Gasteiger partial charge on any atom is 0.301 e. The molecule has 0 unspecified atom stereocenters. The van der Waals surface area contributed by atoms with Crippen LogP contribution in [0.1, 0.15) is 17.2 Å². The number of methoxy groups -OCH3 is 2. The van der Waals surface area contributed by atoms with Crippen molar-refractivity contribution in [3.05, 3.63) is 69.7 Å². The van der Waals surface area contributed by atoms with Crippen molar-refractivity contribution in [1.29, 1.82) is 0 Å². The number of hydrogen-bond acceptors (Lipinski definition) is 10. The summed E-state index contributed by atoms with van der Waals surface area (Å²) in [5.41, 5.74) is 1.12.